The van der Waals surface area contributed by atoms with Gasteiger partial charge in [0.1, 0.15) is 5.75 Å². The van der Waals surface area contributed by atoms with Crippen molar-refractivity contribution in [3.8, 4) is 5.75 Å². The van der Waals surface area contributed by atoms with E-state index in [9.17, 15) is 14.4 Å². The fraction of sp³-hybridized carbons (Fsp3) is 0.286. The van der Waals surface area contributed by atoms with Crippen molar-refractivity contribution < 1.29 is 19.1 Å². The molecule has 0 spiro atoms. The summed E-state index contributed by atoms with van der Waals surface area (Å²) in [6.07, 6.45) is 1.36. The molecule has 3 rings (SSSR count). The van der Waals surface area contributed by atoms with Crippen LogP contribution in [0.5, 0.6) is 5.75 Å². The summed E-state index contributed by atoms with van der Waals surface area (Å²) in [5, 5.41) is 5.92. The lowest BCUT2D eigenvalue weighted by molar-refractivity contribution is -0.138. The predicted octanol–water partition coefficient (Wildman–Crippen LogP) is 4.10. The second-order valence-corrected chi connectivity index (χ2v) is 7.62. The van der Waals surface area contributed by atoms with Gasteiger partial charge in [-0.15, -0.1) is 0 Å². The van der Waals surface area contributed by atoms with Gasteiger partial charge < -0.3 is 10.1 Å². The Bertz CT molecular complexity index is 946. The van der Waals surface area contributed by atoms with Crippen LogP contribution in [0.15, 0.2) is 42.5 Å². The molecule has 2 aromatic carbocycles. The summed E-state index contributed by atoms with van der Waals surface area (Å²) in [7, 11) is 0. The quantitative estimate of drug-likeness (QED) is 0.670. The molecule has 1 aliphatic heterocycles. The molecule has 1 fully saturated rings. The van der Waals surface area contributed by atoms with Crippen molar-refractivity contribution in [2.75, 3.05) is 11.9 Å². The Hall–Kier alpha value is -2.57. The summed E-state index contributed by atoms with van der Waals surface area (Å²) >= 11 is 11.8. The number of anilines is 1. The molecular formula is C21H20Cl2N2O4. The maximum atomic E-state index is 12.4. The zero-order chi connectivity index (χ0) is 21.0. The van der Waals surface area contributed by atoms with Crippen molar-refractivity contribution in [1.29, 1.82) is 0 Å². The number of piperidine rings is 1. The number of nitrogens with one attached hydrogen (secondary N) is 2. The number of amides is 3. The van der Waals surface area contributed by atoms with Crippen molar-refractivity contribution >= 4 is 46.6 Å². The summed E-state index contributed by atoms with van der Waals surface area (Å²) < 4.78 is 5.41. The summed E-state index contributed by atoms with van der Waals surface area (Å²) in [5.41, 5.74) is 0.665. The van der Waals surface area contributed by atoms with Crippen LogP contribution in [-0.4, -0.2) is 24.3 Å². The molecule has 152 valence electrons. The summed E-state index contributed by atoms with van der Waals surface area (Å²) in [5.74, 6) is -0.421. The van der Waals surface area contributed by atoms with Crippen LogP contribution < -0.4 is 15.4 Å². The minimum absolute atomic E-state index is 0.191. The molecule has 1 aliphatic rings. The molecule has 0 aromatic heterocycles. The SMILES string of the molecule is CCC1(c2ccc(NC(=O)COc3ccc(Cl)c(Cl)c3)cc2)CCC(=O)NC1=O. The number of imide groups is 1. The topological polar surface area (TPSA) is 84.5 Å². The molecule has 6 nitrogen and oxygen atoms in total. The molecule has 1 saturated heterocycles. The normalized spacial score (nSPS) is 18.9. The highest BCUT2D eigenvalue weighted by atomic mass is 35.5. The number of benzene rings is 2. The van der Waals surface area contributed by atoms with Gasteiger partial charge in [-0.05, 0) is 42.7 Å². The first-order valence-electron chi connectivity index (χ1n) is 9.16. The average molecular weight is 435 g/mol. The van der Waals surface area contributed by atoms with Gasteiger partial charge in [0.2, 0.25) is 11.8 Å². The van der Waals surface area contributed by atoms with Crippen LogP contribution >= 0.6 is 23.2 Å². The summed E-state index contributed by atoms with van der Waals surface area (Å²) in [4.78, 5) is 36.1. The third kappa shape index (κ3) is 4.71. The third-order valence-electron chi connectivity index (χ3n) is 5.05. The Balaban J connectivity index is 1.62. The molecule has 3 amide bonds. The largest absolute Gasteiger partial charge is 0.484 e. The molecule has 1 heterocycles. The number of hydrogen-bond acceptors (Lipinski definition) is 4. The highest BCUT2D eigenvalue weighted by Gasteiger charge is 2.42. The van der Waals surface area contributed by atoms with E-state index in [-0.39, 0.29) is 24.3 Å². The lowest BCUT2D eigenvalue weighted by Gasteiger charge is -2.35. The van der Waals surface area contributed by atoms with Gasteiger partial charge in [-0.2, -0.15) is 0 Å². The fourth-order valence-corrected chi connectivity index (χ4v) is 3.64. The van der Waals surface area contributed by atoms with Crippen molar-refractivity contribution in [3.05, 3.63) is 58.1 Å². The Morgan fingerprint density at radius 2 is 1.86 bits per heavy atom. The first kappa shape index (κ1) is 21.1. The van der Waals surface area contributed by atoms with E-state index in [1.807, 2.05) is 6.92 Å². The van der Waals surface area contributed by atoms with Crippen LogP contribution in [0, 0.1) is 0 Å². The van der Waals surface area contributed by atoms with E-state index in [0.29, 0.717) is 40.7 Å². The van der Waals surface area contributed by atoms with Gasteiger partial charge in [0.25, 0.3) is 5.91 Å². The van der Waals surface area contributed by atoms with Crippen molar-refractivity contribution in [2.45, 2.75) is 31.6 Å². The van der Waals surface area contributed by atoms with Crippen molar-refractivity contribution in [3.63, 3.8) is 0 Å². The molecule has 2 N–H and O–H groups in total. The highest BCUT2D eigenvalue weighted by Crippen LogP contribution is 2.36. The van der Waals surface area contributed by atoms with Crippen LogP contribution in [0.1, 0.15) is 31.7 Å². The number of ether oxygens (including phenoxy) is 1. The average Bonchev–Trinajstić information content (AvgIpc) is 2.70. The Labute approximate surface area is 178 Å². The van der Waals surface area contributed by atoms with Crippen LogP contribution in [0.4, 0.5) is 5.69 Å². The number of hydrogen-bond donors (Lipinski definition) is 2. The first-order valence-corrected chi connectivity index (χ1v) is 9.92. The van der Waals surface area contributed by atoms with Gasteiger partial charge in [-0.1, -0.05) is 42.3 Å². The van der Waals surface area contributed by atoms with E-state index in [1.54, 1.807) is 36.4 Å². The highest BCUT2D eigenvalue weighted by molar-refractivity contribution is 6.42. The Kier molecular flexibility index (Phi) is 6.45. The second-order valence-electron chi connectivity index (χ2n) is 6.80. The van der Waals surface area contributed by atoms with E-state index < -0.39 is 5.41 Å². The van der Waals surface area contributed by atoms with Gasteiger partial charge in [0.05, 0.1) is 15.5 Å². The minimum atomic E-state index is -0.729. The number of carbonyl (C=O) groups excluding carboxylic acids is 3. The molecule has 0 radical (unpaired) electrons. The van der Waals surface area contributed by atoms with Crippen LogP contribution in [0.2, 0.25) is 10.0 Å². The minimum Gasteiger partial charge on any atom is -0.484 e. The molecule has 1 unspecified atom stereocenters. The molecule has 29 heavy (non-hydrogen) atoms. The first-order chi connectivity index (χ1) is 13.8. The zero-order valence-corrected chi connectivity index (χ0v) is 17.3. The lowest BCUT2D eigenvalue weighted by Crippen LogP contribution is -2.51. The molecule has 8 heteroatoms. The predicted molar refractivity (Wildman–Crippen MR) is 111 cm³/mol. The van der Waals surface area contributed by atoms with Crippen molar-refractivity contribution in [2.24, 2.45) is 0 Å². The Morgan fingerprint density at radius 1 is 1.14 bits per heavy atom. The molecule has 1 atom stereocenters. The van der Waals surface area contributed by atoms with E-state index >= 15 is 0 Å². The molecule has 2 aromatic rings. The standard InChI is InChI=1S/C21H20Cl2N2O4/c1-2-21(10-9-18(26)25-20(21)28)13-3-5-14(6-4-13)24-19(27)12-29-15-7-8-16(22)17(23)11-15/h3-8,11H,2,9-10,12H2,1H3,(H,24,27)(H,25,26,28). The van der Waals surface area contributed by atoms with Gasteiger partial charge in [0.15, 0.2) is 6.61 Å². The van der Waals surface area contributed by atoms with E-state index in [1.165, 1.54) is 6.07 Å². The lowest BCUT2D eigenvalue weighted by atomic mass is 9.72. The van der Waals surface area contributed by atoms with E-state index in [4.69, 9.17) is 27.9 Å². The number of halogens is 2. The smallest absolute Gasteiger partial charge is 0.262 e. The van der Waals surface area contributed by atoms with Gasteiger partial charge in [-0.3, -0.25) is 19.7 Å². The van der Waals surface area contributed by atoms with Gasteiger partial charge in [-0.25, -0.2) is 0 Å². The summed E-state index contributed by atoms with van der Waals surface area (Å²) in [6.45, 7) is 1.73. The molecular weight excluding hydrogens is 415 g/mol. The molecule has 0 saturated carbocycles. The van der Waals surface area contributed by atoms with Crippen molar-refractivity contribution in [1.82, 2.24) is 5.32 Å². The summed E-state index contributed by atoms with van der Waals surface area (Å²) in [6, 6.07) is 11.8. The van der Waals surface area contributed by atoms with E-state index in [0.717, 1.165) is 5.56 Å². The van der Waals surface area contributed by atoms with E-state index in [2.05, 4.69) is 10.6 Å². The monoisotopic (exact) mass is 434 g/mol. The number of carbonyl (C=O) groups is 3. The maximum Gasteiger partial charge on any atom is 0.262 e. The maximum absolute atomic E-state index is 12.4. The Morgan fingerprint density at radius 3 is 2.48 bits per heavy atom. The zero-order valence-electron chi connectivity index (χ0n) is 15.8. The van der Waals surface area contributed by atoms with Crippen LogP contribution in [0.25, 0.3) is 0 Å². The molecule has 0 bridgehead atoms. The molecule has 0 aliphatic carbocycles. The number of rotatable bonds is 6. The fourth-order valence-electron chi connectivity index (χ4n) is 3.35. The third-order valence-corrected chi connectivity index (χ3v) is 5.79. The van der Waals surface area contributed by atoms with Crippen LogP contribution in [0.3, 0.4) is 0 Å². The van der Waals surface area contributed by atoms with Crippen LogP contribution in [-0.2, 0) is 19.8 Å². The van der Waals surface area contributed by atoms with Gasteiger partial charge >= 0.3 is 0 Å². The van der Waals surface area contributed by atoms with Gasteiger partial charge in [0, 0.05) is 18.2 Å². The second kappa shape index (κ2) is 8.84.